The normalized spacial score (nSPS) is 16.5. The number of benzene rings is 1. The van der Waals surface area contributed by atoms with Crippen molar-refractivity contribution in [2.45, 2.75) is 12.5 Å². The molecule has 3 aromatic rings. The first-order valence-corrected chi connectivity index (χ1v) is 7.75. The fourth-order valence-electron chi connectivity index (χ4n) is 2.77. The van der Waals surface area contributed by atoms with E-state index in [2.05, 4.69) is 32.5 Å². The molecule has 1 atom stereocenters. The maximum Gasteiger partial charge on any atom is 0.322 e. The van der Waals surface area contributed by atoms with Gasteiger partial charge in [0.05, 0.1) is 17.9 Å². The zero-order valence-electron chi connectivity index (χ0n) is 12.9. The number of rotatable bonds is 3. The van der Waals surface area contributed by atoms with Crippen molar-refractivity contribution < 1.29 is 4.79 Å². The molecule has 7 nitrogen and oxygen atoms in total. The molecule has 0 radical (unpaired) electrons. The topological polar surface area (TPSA) is 75.9 Å². The Kier molecular flexibility index (Phi) is 3.66. The number of nitrogens with one attached hydrogen (secondary N) is 1. The summed E-state index contributed by atoms with van der Waals surface area (Å²) in [4.78, 5) is 22.5. The number of likely N-dealkylation sites (tertiary alicyclic amines) is 1. The van der Waals surface area contributed by atoms with Crippen LogP contribution in [0.25, 0.3) is 5.82 Å². The standard InChI is InChI=1S/C17H16N6O/c24-17(22-9-8-15(22)13-4-2-1-3-5-13)21-14-6-7-16(19-10-14)23-12-18-11-20-23/h1-7,10-12,15H,8-9H2,(H,21,24)/t15-/m0/s1. The number of hydrogen-bond acceptors (Lipinski definition) is 4. The Morgan fingerprint density at radius 3 is 2.67 bits per heavy atom. The van der Waals surface area contributed by atoms with Gasteiger partial charge in [0, 0.05) is 6.54 Å². The Morgan fingerprint density at radius 2 is 2.04 bits per heavy atom. The Balaban J connectivity index is 1.43. The number of nitrogens with zero attached hydrogens (tertiary/aromatic N) is 5. The molecular weight excluding hydrogens is 304 g/mol. The molecule has 1 fully saturated rings. The van der Waals surface area contributed by atoms with E-state index < -0.39 is 0 Å². The second-order valence-corrected chi connectivity index (χ2v) is 5.58. The molecule has 1 N–H and O–H groups in total. The molecule has 2 aromatic heterocycles. The van der Waals surface area contributed by atoms with Crippen molar-refractivity contribution in [1.29, 1.82) is 0 Å². The van der Waals surface area contributed by atoms with E-state index in [4.69, 9.17) is 0 Å². The van der Waals surface area contributed by atoms with Gasteiger partial charge in [-0.05, 0) is 24.1 Å². The molecule has 120 valence electrons. The van der Waals surface area contributed by atoms with Crippen molar-refractivity contribution >= 4 is 11.7 Å². The van der Waals surface area contributed by atoms with Crippen LogP contribution in [0.3, 0.4) is 0 Å². The molecule has 1 aliphatic heterocycles. The molecule has 24 heavy (non-hydrogen) atoms. The third-order valence-electron chi connectivity index (χ3n) is 4.12. The molecule has 4 rings (SSSR count). The molecular formula is C17H16N6O. The summed E-state index contributed by atoms with van der Waals surface area (Å²) in [6, 6.07) is 13.7. The molecule has 0 unspecified atom stereocenters. The average molecular weight is 320 g/mol. The van der Waals surface area contributed by atoms with Crippen molar-refractivity contribution in [3.8, 4) is 5.82 Å². The van der Waals surface area contributed by atoms with Crippen LogP contribution in [0.15, 0.2) is 61.3 Å². The van der Waals surface area contributed by atoms with Gasteiger partial charge in [-0.1, -0.05) is 30.3 Å². The summed E-state index contributed by atoms with van der Waals surface area (Å²) in [6.45, 7) is 0.760. The Hall–Kier alpha value is -3.22. The van der Waals surface area contributed by atoms with E-state index in [0.29, 0.717) is 11.5 Å². The Morgan fingerprint density at radius 1 is 1.17 bits per heavy atom. The van der Waals surface area contributed by atoms with Crippen LogP contribution < -0.4 is 5.32 Å². The van der Waals surface area contributed by atoms with Crippen LogP contribution in [-0.4, -0.2) is 37.2 Å². The molecule has 1 aromatic carbocycles. The summed E-state index contributed by atoms with van der Waals surface area (Å²) in [6.07, 6.45) is 5.63. The van der Waals surface area contributed by atoms with Crippen LogP contribution in [0, 0.1) is 0 Å². The minimum atomic E-state index is -0.106. The minimum Gasteiger partial charge on any atom is -0.317 e. The van der Waals surface area contributed by atoms with Gasteiger partial charge in [-0.3, -0.25) is 0 Å². The quantitative estimate of drug-likeness (QED) is 0.805. The summed E-state index contributed by atoms with van der Waals surface area (Å²) in [7, 11) is 0. The number of urea groups is 1. The van der Waals surface area contributed by atoms with E-state index in [9.17, 15) is 4.79 Å². The molecule has 7 heteroatoms. The first-order chi connectivity index (χ1) is 11.8. The lowest BCUT2D eigenvalue weighted by Gasteiger charge is -2.41. The third kappa shape index (κ3) is 2.71. The van der Waals surface area contributed by atoms with Gasteiger partial charge in [0.1, 0.15) is 12.7 Å². The van der Waals surface area contributed by atoms with Gasteiger partial charge >= 0.3 is 6.03 Å². The highest BCUT2D eigenvalue weighted by molar-refractivity contribution is 5.90. The predicted octanol–water partition coefficient (Wildman–Crippen LogP) is 2.64. The zero-order chi connectivity index (χ0) is 16.4. The summed E-state index contributed by atoms with van der Waals surface area (Å²) < 4.78 is 1.56. The van der Waals surface area contributed by atoms with Crippen LogP contribution in [0.1, 0.15) is 18.0 Å². The smallest absolute Gasteiger partial charge is 0.317 e. The number of aromatic nitrogens is 4. The highest BCUT2D eigenvalue weighted by atomic mass is 16.2. The van der Waals surface area contributed by atoms with E-state index in [1.54, 1.807) is 29.3 Å². The monoisotopic (exact) mass is 320 g/mol. The van der Waals surface area contributed by atoms with Crippen LogP contribution in [-0.2, 0) is 0 Å². The molecule has 1 saturated heterocycles. The lowest BCUT2D eigenvalue weighted by Crippen LogP contribution is -2.47. The zero-order valence-corrected chi connectivity index (χ0v) is 12.9. The summed E-state index contributed by atoms with van der Waals surface area (Å²) in [5.74, 6) is 0.650. The van der Waals surface area contributed by atoms with Crippen molar-refractivity contribution in [3.05, 3.63) is 66.9 Å². The van der Waals surface area contributed by atoms with Crippen molar-refractivity contribution in [2.75, 3.05) is 11.9 Å². The lowest BCUT2D eigenvalue weighted by molar-refractivity contribution is 0.126. The first kappa shape index (κ1) is 14.4. The van der Waals surface area contributed by atoms with Gasteiger partial charge in [-0.25, -0.2) is 19.4 Å². The fourth-order valence-corrected chi connectivity index (χ4v) is 2.77. The third-order valence-corrected chi connectivity index (χ3v) is 4.12. The average Bonchev–Trinajstić information content (AvgIpc) is 3.10. The summed E-state index contributed by atoms with van der Waals surface area (Å²) in [5.41, 5.74) is 1.82. The van der Waals surface area contributed by atoms with Crippen molar-refractivity contribution in [3.63, 3.8) is 0 Å². The number of pyridine rings is 1. The number of hydrogen-bond donors (Lipinski definition) is 1. The van der Waals surface area contributed by atoms with Gasteiger partial charge in [0.2, 0.25) is 0 Å². The Labute approximate surface area is 139 Å². The van der Waals surface area contributed by atoms with Gasteiger partial charge in [0.25, 0.3) is 0 Å². The van der Waals surface area contributed by atoms with Crippen molar-refractivity contribution in [1.82, 2.24) is 24.6 Å². The van der Waals surface area contributed by atoms with Gasteiger partial charge in [-0.15, -0.1) is 0 Å². The van der Waals surface area contributed by atoms with E-state index >= 15 is 0 Å². The predicted molar refractivity (Wildman–Crippen MR) is 88.7 cm³/mol. The van der Waals surface area contributed by atoms with Crippen LogP contribution in [0.5, 0.6) is 0 Å². The van der Waals surface area contributed by atoms with Gasteiger partial charge in [-0.2, -0.15) is 5.10 Å². The van der Waals surface area contributed by atoms with E-state index in [1.165, 1.54) is 11.9 Å². The molecule has 1 aliphatic rings. The van der Waals surface area contributed by atoms with Crippen molar-refractivity contribution in [2.24, 2.45) is 0 Å². The number of anilines is 1. The summed E-state index contributed by atoms with van der Waals surface area (Å²) >= 11 is 0. The number of carbonyl (C=O) groups excluding carboxylic acids is 1. The molecule has 0 spiro atoms. The van der Waals surface area contributed by atoms with Crippen LogP contribution >= 0.6 is 0 Å². The molecule has 3 heterocycles. The summed E-state index contributed by atoms with van der Waals surface area (Å²) in [5, 5.41) is 6.91. The minimum absolute atomic E-state index is 0.106. The lowest BCUT2D eigenvalue weighted by atomic mass is 9.95. The van der Waals surface area contributed by atoms with E-state index in [1.807, 2.05) is 23.1 Å². The maximum atomic E-state index is 12.5. The number of amides is 2. The number of carbonyl (C=O) groups is 1. The molecule has 0 aliphatic carbocycles. The fraction of sp³-hybridized carbons (Fsp3) is 0.176. The van der Waals surface area contributed by atoms with E-state index in [-0.39, 0.29) is 12.1 Å². The van der Waals surface area contributed by atoms with E-state index in [0.717, 1.165) is 13.0 Å². The molecule has 0 saturated carbocycles. The first-order valence-electron chi connectivity index (χ1n) is 7.75. The Bertz CT molecular complexity index is 816. The largest absolute Gasteiger partial charge is 0.322 e. The van der Waals surface area contributed by atoms with Gasteiger partial charge < -0.3 is 10.2 Å². The highest BCUT2D eigenvalue weighted by Gasteiger charge is 2.33. The molecule has 2 amide bonds. The second kappa shape index (κ2) is 6.11. The van der Waals surface area contributed by atoms with Crippen LogP contribution in [0.4, 0.5) is 10.5 Å². The van der Waals surface area contributed by atoms with Gasteiger partial charge in [0.15, 0.2) is 5.82 Å². The SMILES string of the molecule is O=C(Nc1ccc(-n2cncn2)nc1)N1CC[C@H]1c1ccccc1. The van der Waals surface area contributed by atoms with Crippen LogP contribution in [0.2, 0.25) is 0 Å². The highest BCUT2D eigenvalue weighted by Crippen LogP contribution is 2.33. The molecule has 0 bridgehead atoms. The second-order valence-electron chi connectivity index (χ2n) is 5.58. The maximum absolute atomic E-state index is 12.5.